The lowest BCUT2D eigenvalue weighted by Gasteiger charge is -2.20. The van der Waals surface area contributed by atoms with Crippen molar-refractivity contribution in [2.75, 3.05) is 19.8 Å². The van der Waals surface area contributed by atoms with E-state index >= 15 is 0 Å². The molecule has 0 aromatic heterocycles. The van der Waals surface area contributed by atoms with Crippen LogP contribution in [0.25, 0.3) is 0 Å². The van der Waals surface area contributed by atoms with Gasteiger partial charge in [-0.2, -0.15) is 0 Å². The van der Waals surface area contributed by atoms with Gasteiger partial charge in [-0.1, -0.05) is 57.4 Å². The third kappa shape index (κ3) is 10.9. The summed E-state index contributed by atoms with van der Waals surface area (Å²) in [6.07, 6.45) is 11.6. The molecule has 0 N–H and O–H groups in total. The minimum Gasteiger partial charge on any atom is -0.287 e. The molecule has 1 atom stereocenters. The topological polar surface area (TPSA) is 44.8 Å². The summed E-state index contributed by atoms with van der Waals surface area (Å²) >= 11 is 0. The van der Waals surface area contributed by atoms with Gasteiger partial charge in [-0.25, -0.2) is 4.57 Å². The predicted octanol–water partition coefficient (Wildman–Crippen LogP) is 5.51. The zero-order chi connectivity index (χ0) is 16.0. The molecule has 0 bridgehead atoms. The number of rotatable bonds is 13. The minimum atomic E-state index is -3.48. The molecule has 0 spiro atoms. The summed E-state index contributed by atoms with van der Waals surface area (Å²) < 4.78 is 28.7. The Bertz CT molecular complexity index is 319. The lowest BCUT2D eigenvalue weighted by molar-refractivity contribution is 0.112. The zero-order valence-electron chi connectivity index (χ0n) is 13.9. The average molecular weight is 318 g/mol. The van der Waals surface area contributed by atoms with E-state index in [2.05, 4.69) is 13.8 Å². The monoisotopic (exact) mass is 318 g/mol. The molecule has 21 heavy (non-hydrogen) atoms. The number of allylic oxidation sites excluding steroid dienone is 2. The number of hydrogen-bond donors (Lipinski definition) is 0. The first kappa shape index (κ1) is 20.6. The summed E-state index contributed by atoms with van der Waals surface area (Å²) in [7, 11) is -3.48. The van der Waals surface area contributed by atoms with Crippen molar-refractivity contribution in [2.24, 2.45) is 5.92 Å². The van der Waals surface area contributed by atoms with Crippen molar-refractivity contribution in [3.8, 4) is 0 Å². The van der Waals surface area contributed by atoms with E-state index in [1.165, 1.54) is 0 Å². The maximum Gasteiger partial charge on any atom is 0.475 e. The van der Waals surface area contributed by atoms with Crippen molar-refractivity contribution in [2.45, 2.75) is 53.4 Å². The van der Waals surface area contributed by atoms with E-state index in [9.17, 15) is 4.57 Å². The van der Waals surface area contributed by atoms with E-state index in [0.717, 1.165) is 25.7 Å². The molecule has 0 aromatic carbocycles. The fraction of sp³-hybridized carbons (Fsp3) is 0.750. The molecule has 0 aromatic rings. The summed E-state index contributed by atoms with van der Waals surface area (Å²) in [6.45, 7) is 8.93. The second kappa shape index (κ2) is 13.3. The molecule has 0 radical (unpaired) electrons. The van der Waals surface area contributed by atoms with E-state index in [1.807, 2.05) is 26.0 Å². The van der Waals surface area contributed by atoms with Crippen molar-refractivity contribution in [3.63, 3.8) is 0 Å². The minimum absolute atomic E-state index is 0.232. The zero-order valence-corrected chi connectivity index (χ0v) is 14.8. The Kier molecular flexibility index (Phi) is 13.0. The smallest absolute Gasteiger partial charge is 0.287 e. The standard InChI is InChI=1S/C16H31O4P/c1-5-9-12-16(8-4)15-20-21(17,18-13-10-6-2)19-14-11-7-3/h6-7,10-11,16H,5,8-9,12-15H2,1-4H3/b10-6+,11-7+. The van der Waals surface area contributed by atoms with Crippen molar-refractivity contribution >= 4 is 7.82 Å². The highest BCUT2D eigenvalue weighted by atomic mass is 31.2. The lowest BCUT2D eigenvalue weighted by atomic mass is 10.0. The fourth-order valence-corrected chi connectivity index (χ4v) is 2.82. The molecule has 0 fully saturated rings. The van der Waals surface area contributed by atoms with Gasteiger partial charge >= 0.3 is 7.82 Å². The Morgan fingerprint density at radius 1 is 1.00 bits per heavy atom. The Labute approximate surface area is 130 Å². The van der Waals surface area contributed by atoms with Crippen molar-refractivity contribution in [1.82, 2.24) is 0 Å². The molecule has 0 rings (SSSR count). The molecule has 0 heterocycles. The van der Waals surface area contributed by atoms with E-state index in [1.54, 1.807) is 12.2 Å². The van der Waals surface area contributed by atoms with Crippen LogP contribution in [-0.2, 0) is 18.1 Å². The van der Waals surface area contributed by atoms with Crippen LogP contribution in [-0.4, -0.2) is 19.8 Å². The van der Waals surface area contributed by atoms with Crippen LogP contribution in [0, 0.1) is 5.92 Å². The highest BCUT2D eigenvalue weighted by Gasteiger charge is 2.27. The van der Waals surface area contributed by atoms with Crippen LogP contribution in [0.4, 0.5) is 0 Å². The van der Waals surface area contributed by atoms with Crippen LogP contribution in [0.2, 0.25) is 0 Å². The van der Waals surface area contributed by atoms with Gasteiger partial charge in [-0.15, -0.1) is 0 Å². The largest absolute Gasteiger partial charge is 0.475 e. The molecule has 0 aliphatic rings. The maximum atomic E-state index is 12.5. The van der Waals surface area contributed by atoms with Gasteiger partial charge in [0.05, 0.1) is 19.8 Å². The van der Waals surface area contributed by atoms with Crippen molar-refractivity contribution < 1.29 is 18.1 Å². The maximum absolute atomic E-state index is 12.5. The van der Waals surface area contributed by atoms with Gasteiger partial charge in [0.15, 0.2) is 0 Å². The number of hydrogen-bond acceptors (Lipinski definition) is 4. The molecule has 0 aliphatic heterocycles. The summed E-state index contributed by atoms with van der Waals surface area (Å²) in [5.74, 6) is 0.397. The van der Waals surface area contributed by atoms with Gasteiger partial charge in [0.2, 0.25) is 0 Å². The number of phosphoric acid groups is 1. The first-order valence-corrected chi connectivity index (χ1v) is 9.33. The first-order valence-electron chi connectivity index (χ1n) is 7.87. The van der Waals surface area contributed by atoms with E-state index in [-0.39, 0.29) is 13.2 Å². The quantitative estimate of drug-likeness (QED) is 0.331. The van der Waals surface area contributed by atoms with Gasteiger partial charge in [0.1, 0.15) is 0 Å². The Morgan fingerprint density at radius 3 is 2.00 bits per heavy atom. The lowest BCUT2D eigenvalue weighted by Crippen LogP contribution is -2.10. The molecule has 0 aliphatic carbocycles. The van der Waals surface area contributed by atoms with Crippen molar-refractivity contribution in [3.05, 3.63) is 24.3 Å². The van der Waals surface area contributed by atoms with Crippen LogP contribution >= 0.6 is 7.82 Å². The number of unbranched alkanes of at least 4 members (excludes halogenated alkanes) is 1. The third-order valence-electron chi connectivity index (χ3n) is 3.14. The van der Waals surface area contributed by atoms with Crippen molar-refractivity contribution in [1.29, 1.82) is 0 Å². The van der Waals surface area contributed by atoms with Gasteiger partial charge in [0.25, 0.3) is 0 Å². The SMILES string of the molecule is C/C=C/COP(=O)(OC/C=C/C)OCC(CC)CCCC. The second-order valence-corrected chi connectivity index (χ2v) is 6.56. The van der Waals surface area contributed by atoms with Crippen LogP contribution in [0.1, 0.15) is 53.4 Å². The van der Waals surface area contributed by atoms with Crippen LogP contribution in [0.15, 0.2) is 24.3 Å². The van der Waals surface area contributed by atoms with Crippen LogP contribution in [0.3, 0.4) is 0 Å². The van der Waals surface area contributed by atoms with Gasteiger partial charge in [-0.3, -0.25) is 13.6 Å². The summed E-state index contributed by atoms with van der Waals surface area (Å²) in [4.78, 5) is 0. The van der Waals surface area contributed by atoms with Crippen LogP contribution in [0.5, 0.6) is 0 Å². The molecule has 0 amide bonds. The number of phosphoric ester groups is 1. The first-order chi connectivity index (χ1) is 10.1. The van der Waals surface area contributed by atoms with Gasteiger partial charge in [0, 0.05) is 0 Å². The predicted molar refractivity (Wildman–Crippen MR) is 88.4 cm³/mol. The summed E-state index contributed by atoms with van der Waals surface area (Å²) in [5, 5.41) is 0. The molecule has 1 unspecified atom stereocenters. The fourth-order valence-electron chi connectivity index (χ4n) is 1.67. The molecule has 0 saturated carbocycles. The second-order valence-electron chi connectivity index (χ2n) is 4.89. The Hall–Kier alpha value is -0.410. The van der Waals surface area contributed by atoms with Gasteiger partial charge < -0.3 is 0 Å². The van der Waals surface area contributed by atoms with E-state index < -0.39 is 7.82 Å². The molecule has 5 heteroatoms. The molecular weight excluding hydrogens is 287 g/mol. The molecule has 0 saturated heterocycles. The van der Waals surface area contributed by atoms with E-state index in [0.29, 0.717) is 12.5 Å². The molecule has 4 nitrogen and oxygen atoms in total. The normalized spacial score (nSPS) is 14.3. The van der Waals surface area contributed by atoms with E-state index in [4.69, 9.17) is 13.6 Å². The average Bonchev–Trinajstić information content (AvgIpc) is 2.48. The Balaban J connectivity index is 4.45. The Morgan fingerprint density at radius 2 is 1.57 bits per heavy atom. The summed E-state index contributed by atoms with van der Waals surface area (Å²) in [6, 6.07) is 0. The third-order valence-corrected chi connectivity index (χ3v) is 4.54. The van der Waals surface area contributed by atoms with Gasteiger partial charge in [-0.05, 0) is 26.2 Å². The summed E-state index contributed by atoms with van der Waals surface area (Å²) in [5.41, 5.74) is 0. The molecule has 124 valence electrons. The van der Waals surface area contributed by atoms with Crippen LogP contribution < -0.4 is 0 Å². The highest BCUT2D eigenvalue weighted by molar-refractivity contribution is 7.48. The highest BCUT2D eigenvalue weighted by Crippen LogP contribution is 2.50. The molecular formula is C16H31O4P.